The van der Waals surface area contributed by atoms with E-state index in [1.165, 1.54) is 6.08 Å². The van der Waals surface area contributed by atoms with Crippen LogP contribution >= 0.6 is 12.2 Å². The largest absolute Gasteiger partial charge is 0.493 e. The number of anilines is 2. The molecule has 0 spiro atoms. The van der Waals surface area contributed by atoms with Crippen molar-refractivity contribution in [3.05, 3.63) is 90.0 Å². The van der Waals surface area contributed by atoms with Crippen LogP contribution in [-0.2, 0) is 4.79 Å². The molecule has 0 bridgehead atoms. The van der Waals surface area contributed by atoms with Crippen molar-refractivity contribution in [1.29, 1.82) is 0 Å². The Hall–Kier alpha value is -4.17. The number of amides is 2. The SMILES string of the molecule is COc1ccc(/C=C/C(=O)NC(=S)Nc2ccc(NC(=O)c3ccccc3)cc2)cc1OC. The number of carbonyl (C=O) groups is 2. The van der Waals surface area contributed by atoms with Crippen LogP contribution in [0.2, 0.25) is 0 Å². The van der Waals surface area contributed by atoms with Crippen molar-refractivity contribution in [2.24, 2.45) is 0 Å². The third-order valence-corrected chi connectivity index (χ3v) is 4.71. The minimum atomic E-state index is -0.381. The Balaban J connectivity index is 1.51. The van der Waals surface area contributed by atoms with Gasteiger partial charge < -0.3 is 20.1 Å². The van der Waals surface area contributed by atoms with E-state index in [4.69, 9.17) is 21.7 Å². The number of ether oxygens (including phenoxy) is 2. The quantitative estimate of drug-likeness (QED) is 0.355. The number of methoxy groups -OCH3 is 2. The lowest BCUT2D eigenvalue weighted by Crippen LogP contribution is -2.32. The molecule has 0 saturated heterocycles. The molecule has 0 unspecified atom stereocenters. The molecular weight excluding hydrogens is 438 g/mol. The summed E-state index contributed by atoms with van der Waals surface area (Å²) in [5.74, 6) is 0.602. The second kappa shape index (κ2) is 11.4. The zero-order chi connectivity index (χ0) is 23.6. The molecule has 0 saturated carbocycles. The van der Waals surface area contributed by atoms with Crippen molar-refractivity contribution in [2.75, 3.05) is 24.9 Å². The molecule has 2 amide bonds. The smallest absolute Gasteiger partial charge is 0.255 e. The molecule has 0 radical (unpaired) electrons. The van der Waals surface area contributed by atoms with Crippen molar-refractivity contribution in [3.8, 4) is 11.5 Å². The van der Waals surface area contributed by atoms with Crippen LogP contribution in [-0.4, -0.2) is 31.1 Å². The highest BCUT2D eigenvalue weighted by Crippen LogP contribution is 2.27. The van der Waals surface area contributed by atoms with Gasteiger partial charge in [-0.3, -0.25) is 14.9 Å². The Morgan fingerprint density at radius 2 is 1.45 bits per heavy atom. The van der Waals surface area contributed by atoms with Crippen LogP contribution < -0.4 is 25.4 Å². The fraction of sp³-hybridized carbons (Fsp3) is 0.0800. The zero-order valence-corrected chi connectivity index (χ0v) is 18.9. The van der Waals surface area contributed by atoms with Gasteiger partial charge >= 0.3 is 0 Å². The summed E-state index contributed by atoms with van der Waals surface area (Å²) in [4.78, 5) is 24.4. The Morgan fingerprint density at radius 1 is 0.818 bits per heavy atom. The number of nitrogens with one attached hydrogen (secondary N) is 3. The lowest BCUT2D eigenvalue weighted by atomic mass is 10.2. The highest BCUT2D eigenvalue weighted by atomic mass is 32.1. The number of benzene rings is 3. The van der Waals surface area contributed by atoms with Gasteiger partial charge in [-0.2, -0.15) is 0 Å². The summed E-state index contributed by atoms with van der Waals surface area (Å²) in [6.45, 7) is 0. The van der Waals surface area contributed by atoms with E-state index in [2.05, 4.69) is 16.0 Å². The predicted molar refractivity (Wildman–Crippen MR) is 134 cm³/mol. The van der Waals surface area contributed by atoms with Crippen LogP contribution in [0, 0.1) is 0 Å². The van der Waals surface area contributed by atoms with Crippen molar-refractivity contribution in [1.82, 2.24) is 5.32 Å². The van der Waals surface area contributed by atoms with E-state index in [-0.39, 0.29) is 16.9 Å². The summed E-state index contributed by atoms with van der Waals surface area (Å²) in [7, 11) is 3.11. The number of rotatable bonds is 7. The maximum Gasteiger partial charge on any atom is 0.255 e. The van der Waals surface area contributed by atoms with E-state index in [1.54, 1.807) is 87.0 Å². The average Bonchev–Trinajstić information content (AvgIpc) is 2.84. The monoisotopic (exact) mass is 461 g/mol. The molecule has 3 N–H and O–H groups in total. The normalized spacial score (nSPS) is 10.4. The zero-order valence-electron chi connectivity index (χ0n) is 18.1. The average molecular weight is 462 g/mol. The van der Waals surface area contributed by atoms with E-state index < -0.39 is 0 Å². The number of hydrogen-bond acceptors (Lipinski definition) is 5. The summed E-state index contributed by atoms with van der Waals surface area (Å²) in [5, 5.41) is 8.49. The van der Waals surface area contributed by atoms with Crippen molar-refractivity contribution in [2.45, 2.75) is 0 Å². The van der Waals surface area contributed by atoms with E-state index in [0.29, 0.717) is 28.4 Å². The first-order valence-electron chi connectivity index (χ1n) is 9.97. The Morgan fingerprint density at radius 3 is 2.09 bits per heavy atom. The molecule has 8 heteroatoms. The Labute approximate surface area is 197 Å². The summed E-state index contributed by atoms with van der Waals surface area (Å²) in [6, 6.07) is 21.3. The topological polar surface area (TPSA) is 88.7 Å². The van der Waals surface area contributed by atoms with E-state index in [9.17, 15) is 9.59 Å². The molecule has 0 aliphatic carbocycles. The van der Waals surface area contributed by atoms with Crippen LogP contribution in [0.5, 0.6) is 11.5 Å². The van der Waals surface area contributed by atoms with E-state index in [1.807, 2.05) is 6.07 Å². The van der Waals surface area contributed by atoms with Gasteiger partial charge in [-0.05, 0) is 72.4 Å². The summed E-state index contributed by atoms with van der Waals surface area (Å²) in [6.07, 6.45) is 3.02. The molecule has 3 rings (SSSR count). The van der Waals surface area contributed by atoms with Gasteiger partial charge in [0.2, 0.25) is 5.91 Å². The number of carbonyl (C=O) groups excluding carboxylic acids is 2. The minimum Gasteiger partial charge on any atom is -0.493 e. The van der Waals surface area contributed by atoms with Gasteiger partial charge in [0.25, 0.3) is 5.91 Å². The second-order valence-corrected chi connectivity index (χ2v) is 7.20. The first-order chi connectivity index (χ1) is 16.0. The van der Waals surface area contributed by atoms with Crippen LogP contribution in [0.4, 0.5) is 11.4 Å². The Bertz CT molecular complexity index is 1160. The molecule has 3 aromatic rings. The van der Waals surface area contributed by atoms with Crippen molar-refractivity contribution >= 4 is 46.6 Å². The maximum atomic E-state index is 12.2. The molecule has 3 aromatic carbocycles. The predicted octanol–water partition coefficient (Wildman–Crippen LogP) is 4.48. The standard InChI is InChI=1S/C25H23N3O4S/c1-31-21-14-8-17(16-22(21)32-2)9-15-23(29)28-25(33)27-20-12-10-19(11-13-20)26-24(30)18-6-4-3-5-7-18/h3-16H,1-2H3,(H,26,30)(H2,27,28,29,33)/b15-9+. The summed E-state index contributed by atoms with van der Waals surface area (Å²) in [5.41, 5.74) is 2.66. The van der Waals surface area contributed by atoms with Gasteiger partial charge in [-0.25, -0.2) is 0 Å². The highest BCUT2D eigenvalue weighted by molar-refractivity contribution is 7.80. The fourth-order valence-corrected chi connectivity index (χ4v) is 3.09. The van der Waals surface area contributed by atoms with Crippen molar-refractivity contribution < 1.29 is 19.1 Å². The molecule has 0 aromatic heterocycles. The van der Waals surface area contributed by atoms with Crippen LogP contribution in [0.3, 0.4) is 0 Å². The van der Waals surface area contributed by atoms with Crippen molar-refractivity contribution in [3.63, 3.8) is 0 Å². The lowest BCUT2D eigenvalue weighted by Gasteiger charge is -2.10. The van der Waals surface area contributed by atoms with Crippen LogP contribution in [0.1, 0.15) is 15.9 Å². The molecule has 0 aliphatic heterocycles. The van der Waals surface area contributed by atoms with Gasteiger partial charge in [-0.15, -0.1) is 0 Å². The highest BCUT2D eigenvalue weighted by Gasteiger charge is 2.07. The fourth-order valence-electron chi connectivity index (χ4n) is 2.87. The first kappa shape index (κ1) is 23.5. The van der Waals surface area contributed by atoms with E-state index in [0.717, 1.165) is 5.56 Å². The molecule has 33 heavy (non-hydrogen) atoms. The molecule has 168 valence electrons. The van der Waals surface area contributed by atoms with Crippen LogP contribution in [0.15, 0.2) is 78.9 Å². The van der Waals surface area contributed by atoms with Crippen LogP contribution in [0.25, 0.3) is 6.08 Å². The van der Waals surface area contributed by atoms with E-state index >= 15 is 0 Å². The molecule has 0 heterocycles. The second-order valence-electron chi connectivity index (χ2n) is 6.79. The van der Waals surface area contributed by atoms with Gasteiger partial charge in [0.15, 0.2) is 16.6 Å². The summed E-state index contributed by atoms with van der Waals surface area (Å²) >= 11 is 5.20. The van der Waals surface area contributed by atoms with Gasteiger partial charge in [0.05, 0.1) is 14.2 Å². The number of thiocarbonyl (C=S) groups is 1. The van der Waals surface area contributed by atoms with Gasteiger partial charge in [-0.1, -0.05) is 24.3 Å². The molecule has 0 aliphatic rings. The third kappa shape index (κ3) is 6.91. The number of hydrogen-bond donors (Lipinski definition) is 3. The molecule has 7 nitrogen and oxygen atoms in total. The van der Waals surface area contributed by atoms with Gasteiger partial charge in [0.1, 0.15) is 0 Å². The lowest BCUT2D eigenvalue weighted by molar-refractivity contribution is -0.115. The third-order valence-electron chi connectivity index (χ3n) is 4.51. The molecular formula is C25H23N3O4S. The maximum absolute atomic E-state index is 12.2. The molecule has 0 fully saturated rings. The summed E-state index contributed by atoms with van der Waals surface area (Å²) < 4.78 is 10.5. The Kier molecular flexibility index (Phi) is 8.15. The van der Waals surface area contributed by atoms with Gasteiger partial charge in [0, 0.05) is 23.0 Å². The first-order valence-corrected chi connectivity index (χ1v) is 10.4. The minimum absolute atomic E-state index is 0.151. The molecule has 0 atom stereocenters.